The average Bonchev–Trinajstić information content (AvgIpc) is 2.75. The quantitative estimate of drug-likeness (QED) is 0.600. The number of anilines is 2. The van der Waals surface area contributed by atoms with Crippen LogP contribution in [0.3, 0.4) is 0 Å². The largest absolute Gasteiger partial charge is 0.384 e. The first-order valence-electron chi connectivity index (χ1n) is 4.94. The van der Waals surface area contributed by atoms with E-state index >= 15 is 0 Å². The Hall–Kier alpha value is -2.00. The Labute approximate surface area is 110 Å². The first kappa shape index (κ1) is 12.5. The fourth-order valence-electron chi connectivity index (χ4n) is 1.26. The summed E-state index contributed by atoms with van der Waals surface area (Å²) in [5.74, 6) is 0.507. The van der Waals surface area contributed by atoms with Crippen molar-refractivity contribution < 1.29 is 4.79 Å². The lowest BCUT2D eigenvalue weighted by Crippen LogP contribution is -2.14. The molecule has 2 heterocycles. The fraction of sp³-hybridized carbons (Fsp3) is 0.111. The molecule has 0 aliphatic heterocycles. The van der Waals surface area contributed by atoms with E-state index in [9.17, 15) is 4.79 Å². The van der Waals surface area contributed by atoms with E-state index in [0.717, 1.165) is 0 Å². The first-order valence-corrected chi connectivity index (χ1v) is 5.73. The Bertz CT molecular complexity index is 562. The molecule has 0 aliphatic carbocycles. The van der Waals surface area contributed by atoms with E-state index in [4.69, 9.17) is 11.5 Å². The summed E-state index contributed by atoms with van der Waals surface area (Å²) >= 11 is 3.16. The summed E-state index contributed by atoms with van der Waals surface area (Å²) in [5, 5.41) is 8.89. The van der Waals surface area contributed by atoms with Crippen molar-refractivity contribution in [3.05, 3.63) is 28.1 Å². The zero-order valence-electron chi connectivity index (χ0n) is 9.14. The molecule has 18 heavy (non-hydrogen) atoms. The molecular formula is C9H10BrN7O. The van der Waals surface area contributed by atoms with Gasteiger partial charge in [-0.3, -0.25) is 15.2 Å². The van der Waals surface area contributed by atoms with Gasteiger partial charge in [-0.05, 0) is 28.1 Å². The number of carbonyl (C=O) groups excluding carboxylic acids is 1. The van der Waals surface area contributed by atoms with E-state index in [0.29, 0.717) is 16.0 Å². The van der Waals surface area contributed by atoms with Crippen molar-refractivity contribution in [2.45, 2.75) is 6.54 Å². The number of amides is 1. The van der Waals surface area contributed by atoms with Crippen LogP contribution in [0.2, 0.25) is 0 Å². The van der Waals surface area contributed by atoms with Gasteiger partial charge >= 0.3 is 0 Å². The van der Waals surface area contributed by atoms with Crippen molar-refractivity contribution in [3.63, 3.8) is 0 Å². The molecule has 0 atom stereocenters. The molecule has 94 valence electrons. The third-order valence-electron chi connectivity index (χ3n) is 2.03. The predicted molar refractivity (Wildman–Crippen MR) is 68.6 cm³/mol. The van der Waals surface area contributed by atoms with E-state index in [1.165, 1.54) is 6.07 Å². The van der Waals surface area contributed by atoms with Crippen LogP contribution in [0.5, 0.6) is 0 Å². The Morgan fingerprint density at radius 1 is 1.44 bits per heavy atom. The monoisotopic (exact) mass is 311 g/mol. The number of pyridine rings is 1. The van der Waals surface area contributed by atoms with Gasteiger partial charge in [-0.25, -0.2) is 4.98 Å². The Morgan fingerprint density at radius 2 is 2.22 bits per heavy atom. The van der Waals surface area contributed by atoms with Crippen LogP contribution in [-0.2, 0) is 6.54 Å². The molecule has 2 rings (SSSR count). The summed E-state index contributed by atoms with van der Waals surface area (Å²) in [7, 11) is 0. The number of carbonyl (C=O) groups is 1. The standard InChI is InChI=1S/C9H10BrN7O/c10-5-1-4(2-6(12)13-5)8(18)15-9-14-7(3-11)16-17-9/h1-2H,3,11H2,(H2,12,13)(H2,14,15,16,17,18). The molecule has 9 heteroatoms. The van der Waals surface area contributed by atoms with Gasteiger partial charge in [-0.2, -0.15) is 4.98 Å². The van der Waals surface area contributed by atoms with Crippen molar-refractivity contribution in [2.24, 2.45) is 5.73 Å². The summed E-state index contributed by atoms with van der Waals surface area (Å²) in [6, 6.07) is 3.00. The molecule has 0 spiro atoms. The molecule has 2 aromatic rings. The molecule has 8 nitrogen and oxygen atoms in total. The number of H-pyrrole nitrogens is 1. The van der Waals surface area contributed by atoms with Crippen molar-refractivity contribution in [3.8, 4) is 0 Å². The molecule has 0 fully saturated rings. The molecule has 0 aliphatic rings. The summed E-state index contributed by atoms with van der Waals surface area (Å²) in [5.41, 5.74) is 11.3. The molecule has 2 aromatic heterocycles. The van der Waals surface area contributed by atoms with Crippen LogP contribution < -0.4 is 16.8 Å². The molecule has 0 unspecified atom stereocenters. The molecule has 0 bridgehead atoms. The van der Waals surface area contributed by atoms with Gasteiger partial charge in [0.2, 0.25) is 5.95 Å². The third-order valence-corrected chi connectivity index (χ3v) is 2.43. The highest BCUT2D eigenvalue weighted by molar-refractivity contribution is 9.10. The third kappa shape index (κ3) is 2.81. The van der Waals surface area contributed by atoms with Crippen LogP contribution in [0.4, 0.5) is 11.8 Å². The Morgan fingerprint density at radius 3 is 2.83 bits per heavy atom. The molecule has 1 amide bonds. The number of nitrogens with two attached hydrogens (primary N) is 2. The van der Waals surface area contributed by atoms with E-state index in [1.807, 2.05) is 0 Å². The van der Waals surface area contributed by atoms with Gasteiger partial charge in [0.25, 0.3) is 5.91 Å². The number of nitrogen functional groups attached to an aromatic ring is 1. The second-order valence-electron chi connectivity index (χ2n) is 3.37. The van der Waals surface area contributed by atoms with Gasteiger partial charge in [0.1, 0.15) is 16.2 Å². The fourth-order valence-corrected chi connectivity index (χ4v) is 1.72. The summed E-state index contributed by atoms with van der Waals surface area (Å²) in [6.45, 7) is 0.219. The molecule has 0 saturated heterocycles. The average molecular weight is 312 g/mol. The van der Waals surface area contributed by atoms with E-state index in [-0.39, 0.29) is 24.2 Å². The topological polar surface area (TPSA) is 136 Å². The molecule has 0 radical (unpaired) electrons. The van der Waals surface area contributed by atoms with Gasteiger partial charge < -0.3 is 11.5 Å². The lowest BCUT2D eigenvalue weighted by Gasteiger charge is -2.02. The first-order chi connectivity index (χ1) is 8.58. The zero-order valence-corrected chi connectivity index (χ0v) is 10.7. The summed E-state index contributed by atoms with van der Waals surface area (Å²) < 4.78 is 0.477. The number of rotatable bonds is 3. The molecule has 6 N–H and O–H groups in total. The molecule has 0 aromatic carbocycles. The van der Waals surface area contributed by atoms with Crippen LogP contribution in [0.15, 0.2) is 16.7 Å². The van der Waals surface area contributed by atoms with Gasteiger partial charge in [0, 0.05) is 5.56 Å². The van der Waals surface area contributed by atoms with Crippen LogP contribution in [0, 0.1) is 0 Å². The Kier molecular flexibility index (Phi) is 3.53. The second kappa shape index (κ2) is 5.10. The van der Waals surface area contributed by atoms with Crippen molar-refractivity contribution in [2.75, 3.05) is 11.1 Å². The Balaban J connectivity index is 2.16. The maximum atomic E-state index is 11.9. The number of nitrogens with one attached hydrogen (secondary N) is 2. The van der Waals surface area contributed by atoms with Gasteiger partial charge in [0.15, 0.2) is 0 Å². The van der Waals surface area contributed by atoms with Crippen LogP contribution in [0.25, 0.3) is 0 Å². The van der Waals surface area contributed by atoms with Crippen LogP contribution in [-0.4, -0.2) is 26.1 Å². The van der Waals surface area contributed by atoms with Gasteiger partial charge in [-0.1, -0.05) is 0 Å². The van der Waals surface area contributed by atoms with Crippen LogP contribution in [0.1, 0.15) is 16.2 Å². The number of halogens is 1. The lowest BCUT2D eigenvalue weighted by atomic mass is 10.2. The van der Waals surface area contributed by atoms with E-state index in [1.54, 1.807) is 6.07 Å². The van der Waals surface area contributed by atoms with Gasteiger partial charge in [0.05, 0.1) is 6.54 Å². The minimum atomic E-state index is -0.382. The maximum Gasteiger partial charge on any atom is 0.258 e. The van der Waals surface area contributed by atoms with E-state index < -0.39 is 0 Å². The zero-order chi connectivity index (χ0) is 13.1. The minimum Gasteiger partial charge on any atom is -0.384 e. The SMILES string of the molecule is NCc1nc(NC(=O)c2cc(N)nc(Br)c2)n[nH]1. The number of nitrogens with zero attached hydrogens (tertiary/aromatic N) is 3. The molecular weight excluding hydrogens is 302 g/mol. The van der Waals surface area contributed by atoms with Crippen molar-refractivity contribution >= 4 is 33.6 Å². The number of hydrogen-bond acceptors (Lipinski definition) is 6. The number of hydrogen-bond donors (Lipinski definition) is 4. The van der Waals surface area contributed by atoms with Crippen molar-refractivity contribution in [1.29, 1.82) is 0 Å². The maximum absolute atomic E-state index is 11.9. The normalized spacial score (nSPS) is 10.3. The summed E-state index contributed by atoms with van der Waals surface area (Å²) in [6.07, 6.45) is 0. The second-order valence-corrected chi connectivity index (χ2v) is 4.18. The number of aromatic nitrogens is 4. The highest BCUT2D eigenvalue weighted by Crippen LogP contribution is 2.14. The highest BCUT2D eigenvalue weighted by Gasteiger charge is 2.11. The lowest BCUT2D eigenvalue weighted by molar-refractivity contribution is 0.102. The highest BCUT2D eigenvalue weighted by atomic mass is 79.9. The van der Waals surface area contributed by atoms with Crippen LogP contribution >= 0.6 is 15.9 Å². The minimum absolute atomic E-state index is 0.159. The molecule has 0 saturated carbocycles. The smallest absolute Gasteiger partial charge is 0.258 e. The van der Waals surface area contributed by atoms with E-state index in [2.05, 4.69) is 41.4 Å². The number of aromatic amines is 1. The summed E-state index contributed by atoms with van der Waals surface area (Å²) in [4.78, 5) is 19.7. The van der Waals surface area contributed by atoms with Gasteiger partial charge in [-0.15, -0.1) is 5.10 Å². The predicted octanol–water partition coefficient (Wildman–Crippen LogP) is 0.255. The van der Waals surface area contributed by atoms with Crippen molar-refractivity contribution in [1.82, 2.24) is 20.2 Å².